The van der Waals surface area contributed by atoms with E-state index in [4.69, 9.17) is 0 Å². The van der Waals surface area contributed by atoms with Crippen LogP contribution in [0.4, 0.5) is 10.1 Å². The van der Waals surface area contributed by atoms with E-state index in [1.807, 2.05) is 19.1 Å². The summed E-state index contributed by atoms with van der Waals surface area (Å²) in [4.78, 5) is 15.7. The number of nitrogens with one attached hydrogen (secondary N) is 2. The van der Waals surface area contributed by atoms with E-state index in [1.54, 1.807) is 24.4 Å². The van der Waals surface area contributed by atoms with Crippen LogP contribution in [0.15, 0.2) is 48.9 Å². The lowest BCUT2D eigenvalue weighted by molar-refractivity contribution is -0.114. The maximum absolute atomic E-state index is 12.8. The van der Waals surface area contributed by atoms with Crippen LogP contribution in [0.3, 0.4) is 0 Å². The summed E-state index contributed by atoms with van der Waals surface area (Å²) >= 11 is 0. The van der Waals surface area contributed by atoms with Gasteiger partial charge < -0.3 is 5.32 Å². The van der Waals surface area contributed by atoms with E-state index in [-0.39, 0.29) is 0 Å². The van der Waals surface area contributed by atoms with E-state index in [9.17, 15) is 9.18 Å². The van der Waals surface area contributed by atoms with Gasteiger partial charge in [-0.2, -0.15) is 5.10 Å². The molecule has 1 aromatic carbocycles. The van der Waals surface area contributed by atoms with Gasteiger partial charge in [-0.05, 0) is 25.1 Å². The van der Waals surface area contributed by atoms with E-state index in [0.29, 0.717) is 5.69 Å². The highest BCUT2D eigenvalue weighted by Gasteiger charge is 2.09. The van der Waals surface area contributed by atoms with Crippen molar-refractivity contribution in [2.24, 2.45) is 0 Å². The van der Waals surface area contributed by atoms with Gasteiger partial charge in [0.15, 0.2) is 5.83 Å². The Bertz CT molecular complexity index is 885. The molecule has 0 radical (unpaired) electrons. The highest BCUT2D eigenvalue weighted by molar-refractivity contribution is 6.01. The molecule has 0 fully saturated rings. The van der Waals surface area contributed by atoms with E-state index >= 15 is 0 Å². The minimum atomic E-state index is -1.03. The SMILES string of the molecule is C=C(F)C(=O)Nc1cccc(-c2cc3c(C)[nH]nc3cn2)c1. The van der Waals surface area contributed by atoms with E-state index in [1.165, 1.54) is 0 Å². The van der Waals surface area contributed by atoms with Gasteiger partial charge in [0, 0.05) is 22.3 Å². The molecule has 6 heteroatoms. The summed E-state index contributed by atoms with van der Waals surface area (Å²) in [6, 6.07) is 8.95. The van der Waals surface area contributed by atoms with Gasteiger partial charge in [-0.25, -0.2) is 4.39 Å². The lowest BCUT2D eigenvalue weighted by Crippen LogP contribution is -2.11. The van der Waals surface area contributed by atoms with E-state index in [0.717, 1.165) is 27.9 Å². The Morgan fingerprint density at radius 3 is 2.95 bits per heavy atom. The molecule has 5 nitrogen and oxygen atoms in total. The second-order valence-corrected chi connectivity index (χ2v) is 4.88. The molecule has 22 heavy (non-hydrogen) atoms. The third-order valence-corrected chi connectivity index (χ3v) is 3.29. The Morgan fingerprint density at radius 2 is 2.18 bits per heavy atom. The number of amides is 1. The van der Waals surface area contributed by atoms with Crippen molar-refractivity contribution in [3.05, 3.63) is 54.6 Å². The van der Waals surface area contributed by atoms with Gasteiger partial charge in [-0.3, -0.25) is 14.9 Å². The van der Waals surface area contributed by atoms with E-state index in [2.05, 4.69) is 27.1 Å². The Hall–Kier alpha value is -3.02. The van der Waals surface area contributed by atoms with Crippen LogP contribution in [0.25, 0.3) is 22.2 Å². The van der Waals surface area contributed by atoms with Crippen LogP contribution in [0.1, 0.15) is 5.69 Å². The summed E-state index contributed by atoms with van der Waals surface area (Å²) in [6.45, 7) is 4.90. The van der Waals surface area contributed by atoms with Crippen molar-refractivity contribution in [2.75, 3.05) is 5.32 Å². The van der Waals surface area contributed by atoms with Gasteiger partial charge >= 0.3 is 0 Å². The van der Waals surface area contributed by atoms with Crippen LogP contribution < -0.4 is 5.32 Å². The first-order valence-corrected chi connectivity index (χ1v) is 6.61. The van der Waals surface area contributed by atoms with Crippen molar-refractivity contribution in [3.63, 3.8) is 0 Å². The van der Waals surface area contributed by atoms with Crippen LogP contribution in [0, 0.1) is 6.92 Å². The second-order valence-electron chi connectivity index (χ2n) is 4.88. The molecule has 2 heterocycles. The minimum absolute atomic E-state index is 0.479. The maximum atomic E-state index is 12.8. The minimum Gasteiger partial charge on any atom is -0.320 e. The maximum Gasteiger partial charge on any atom is 0.283 e. The average molecular weight is 296 g/mol. The summed E-state index contributed by atoms with van der Waals surface area (Å²) in [5.41, 5.74) is 3.78. The van der Waals surface area contributed by atoms with Gasteiger partial charge in [-0.15, -0.1) is 0 Å². The number of fused-ring (bicyclic) bond motifs is 1. The summed E-state index contributed by atoms with van der Waals surface area (Å²) < 4.78 is 12.8. The highest BCUT2D eigenvalue weighted by atomic mass is 19.1. The zero-order valence-corrected chi connectivity index (χ0v) is 11.9. The number of pyridine rings is 1. The summed E-state index contributed by atoms with van der Waals surface area (Å²) in [5, 5.41) is 10.5. The van der Waals surface area contributed by atoms with Crippen molar-refractivity contribution in [1.29, 1.82) is 0 Å². The Morgan fingerprint density at radius 1 is 1.36 bits per heavy atom. The molecular weight excluding hydrogens is 283 g/mol. The Kier molecular flexibility index (Phi) is 3.42. The Labute approximate surface area is 125 Å². The predicted octanol–water partition coefficient (Wildman–Crippen LogP) is 3.36. The summed E-state index contributed by atoms with van der Waals surface area (Å²) in [5.74, 6) is -1.88. The largest absolute Gasteiger partial charge is 0.320 e. The third kappa shape index (κ3) is 2.58. The lowest BCUT2D eigenvalue weighted by atomic mass is 10.1. The molecule has 2 N–H and O–H groups in total. The fourth-order valence-electron chi connectivity index (χ4n) is 2.15. The number of anilines is 1. The quantitative estimate of drug-likeness (QED) is 0.728. The zero-order valence-electron chi connectivity index (χ0n) is 11.9. The Balaban J connectivity index is 1.98. The average Bonchev–Trinajstić information content (AvgIpc) is 2.88. The molecule has 2 aromatic heterocycles. The number of nitrogens with zero attached hydrogens (tertiary/aromatic N) is 2. The summed E-state index contributed by atoms with van der Waals surface area (Å²) in [7, 11) is 0. The van der Waals surface area contributed by atoms with Gasteiger partial charge in [0.2, 0.25) is 0 Å². The number of carbonyl (C=O) groups is 1. The smallest absolute Gasteiger partial charge is 0.283 e. The van der Waals surface area contributed by atoms with Crippen molar-refractivity contribution in [1.82, 2.24) is 15.2 Å². The van der Waals surface area contributed by atoms with Crippen LogP contribution in [-0.2, 0) is 4.79 Å². The molecule has 0 aliphatic heterocycles. The molecule has 0 aliphatic rings. The van der Waals surface area contributed by atoms with Gasteiger partial charge in [0.05, 0.1) is 11.9 Å². The second kappa shape index (κ2) is 5.40. The zero-order chi connectivity index (χ0) is 15.7. The van der Waals surface area contributed by atoms with Crippen molar-refractivity contribution < 1.29 is 9.18 Å². The van der Waals surface area contributed by atoms with E-state index < -0.39 is 11.7 Å². The standard InChI is InChI=1S/C16H13FN4O/c1-9(17)16(22)19-12-5-3-4-11(6-12)14-7-13-10(2)20-21-15(13)8-18-14/h3-8H,1H2,2H3,(H,19,22)(H,20,21). The van der Waals surface area contributed by atoms with Crippen molar-refractivity contribution >= 4 is 22.5 Å². The van der Waals surface area contributed by atoms with Crippen molar-refractivity contribution in [3.8, 4) is 11.3 Å². The number of aryl methyl sites for hydroxylation is 1. The lowest BCUT2D eigenvalue weighted by Gasteiger charge is -2.06. The molecule has 0 aliphatic carbocycles. The molecule has 0 bridgehead atoms. The molecule has 3 rings (SSSR count). The molecule has 0 saturated carbocycles. The fourth-order valence-corrected chi connectivity index (χ4v) is 2.15. The molecule has 0 spiro atoms. The number of aromatic nitrogens is 3. The number of benzene rings is 1. The van der Waals surface area contributed by atoms with Crippen molar-refractivity contribution in [2.45, 2.75) is 6.92 Å². The topological polar surface area (TPSA) is 70.7 Å². The summed E-state index contributed by atoms with van der Waals surface area (Å²) in [6.07, 6.45) is 1.68. The number of aromatic amines is 1. The molecule has 110 valence electrons. The van der Waals surface area contributed by atoms with Crippen LogP contribution in [-0.4, -0.2) is 21.1 Å². The molecule has 3 aromatic rings. The number of hydrogen-bond acceptors (Lipinski definition) is 3. The van der Waals surface area contributed by atoms with Crippen LogP contribution in [0.5, 0.6) is 0 Å². The first kappa shape index (κ1) is 13.9. The first-order chi connectivity index (χ1) is 10.5. The van der Waals surface area contributed by atoms with Gasteiger partial charge in [-0.1, -0.05) is 18.7 Å². The highest BCUT2D eigenvalue weighted by Crippen LogP contribution is 2.25. The number of rotatable bonds is 3. The number of carbonyl (C=O) groups excluding carboxylic acids is 1. The molecule has 0 unspecified atom stereocenters. The van der Waals surface area contributed by atoms with Gasteiger partial charge in [0.1, 0.15) is 5.52 Å². The molecule has 1 amide bonds. The normalized spacial score (nSPS) is 10.6. The third-order valence-electron chi connectivity index (χ3n) is 3.29. The van der Waals surface area contributed by atoms with Crippen LogP contribution >= 0.6 is 0 Å². The monoisotopic (exact) mass is 296 g/mol. The predicted molar refractivity (Wildman–Crippen MR) is 82.9 cm³/mol. The number of H-pyrrole nitrogens is 1. The first-order valence-electron chi connectivity index (χ1n) is 6.61. The number of hydrogen-bond donors (Lipinski definition) is 2. The number of halogens is 1. The molecule has 0 saturated heterocycles. The molecule has 0 atom stereocenters. The van der Waals surface area contributed by atoms with Crippen LogP contribution in [0.2, 0.25) is 0 Å². The van der Waals surface area contributed by atoms with Gasteiger partial charge in [0.25, 0.3) is 5.91 Å². The fraction of sp³-hybridized carbons (Fsp3) is 0.0625. The molecular formula is C16H13FN4O.